The number of aromatic nitrogens is 2. The van der Waals surface area contributed by atoms with E-state index in [0.717, 1.165) is 0 Å². The van der Waals surface area contributed by atoms with E-state index in [0.29, 0.717) is 22.2 Å². The highest BCUT2D eigenvalue weighted by atomic mass is 16.5. The van der Waals surface area contributed by atoms with E-state index in [1.54, 1.807) is 42.5 Å². The molecule has 0 N–H and O–H groups in total. The number of ether oxygens (including phenoxy) is 1. The minimum atomic E-state index is -0.446. The van der Waals surface area contributed by atoms with Gasteiger partial charge >= 0.3 is 5.97 Å². The lowest BCUT2D eigenvalue weighted by atomic mass is 10.2. The molecular formula is C16H12N2O3. The van der Waals surface area contributed by atoms with Crippen molar-refractivity contribution < 1.29 is 9.53 Å². The van der Waals surface area contributed by atoms with Crippen LogP contribution in [0, 0.1) is 0 Å². The average molecular weight is 280 g/mol. The van der Waals surface area contributed by atoms with E-state index in [1.165, 1.54) is 18.0 Å². The van der Waals surface area contributed by atoms with Crippen LogP contribution < -0.4 is 5.56 Å². The highest BCUT2D eigenvalue weighted by Gasteiger charge is 2.09. The molecule has 0 atom stereocenters. The Morgan fingerprint density at radius 3 is 2.76 bits per heavy atom. The molecule has 0 amide bonds. The Morgan fingerprint density at radius 1 is 1.14 bits per heavy atom. The summed E-state index contributed by atoms with van der Waals surface area (Å²) in [5, 5.41) is 0.531. The second-order valence-electron chi connectivity index (χ2n) is 4.48. The minimum absolute atomic E-state index is 0.178. The molecule has 104 valence electrons. The molecule has 1 aromatic heterocycles. The van der Waals surface area contributed by atoms with Gasteiger partial charge in [0, 0.05) is 0 Å². The summed E-state index contributed by atoms with van der Waals surface area (Å²) in [7, 11) is 1.32. The zero-order valence-corrected chi connectivity index (χ0v) is 11.3. The molecule has 3 aromatic rings. The van der Waals surface area contributed by atoms with Crippen LogP contribution in [0.3, 0.4) is 0 Å². The quantitative estimate of drug-likeness (QED) is 0.675. The number of benzene rings is 2. The lowest BCUT2D eigenvalue weighted by Gasteiger charge is -2.08. The molecule has 0 spiro atoms. The highest BCUT2D eigenvalue weighted by Crippen LogP contribution is 2.12. The molecule has 5 heteroatoms. The zero-order chi connectivity index (χ0) is 14.8. The molecule has 0 radical (unpaired) electrons. The van der Waals surface area contributed by atoms with Crippen LogP contribution in [0.4, 0.5) is 0 Å². The van der Waals surface area contributed by atoms with E-state index in [4.69, 9.17) is 0 Å². The van der Waals surface area contributed by atoms with E-state index in [2.05, 4.69) is 9.72 Å². The van der Waals surface area contributed by atoms with Crippen molar-refractivity contribution >= 4 is 16.9 Å². The molecule has 1 heterocycles. The second kappa shape index (κ2) is 5.20. The van der Waals surface area contributed by atoms with Crippen molar-refractivity contribution in [1.82, 2.24) is 9.55 Å². The maximum absolute atomic E-state index is 12.5. The summed E-state index contributed by atoms with van der Waals surface area (Å²) in [6.07, 6.45) is 1.46. The lowest BCUT2D eigenvalue weighted by Crippen LogP contribution is -2.19. The molecule has 0 bridgehead atoms. The summed E-state index contributed by atoms with van der Waals surface area (Å²) in [6.45, 7) is 0. The first-order chi connectivity index (χ1) is 10.2. The van der Waals surface area contributed by atoms with E-state index in [-0.39, 0.29) is 5.56 Å². The molecule has 21 heavy (non-hydrogen) atoms. The maximum atomic E-state index is 12.5. The van der Waals surface area contributed by atoms with Gasteiger partial charge in [-0.1, -0.05) is 18.2 Å². The number of hydrogen-bond donors (Lipinski definition) is 0. The first-order valence-electron chi connectivity index (χ1n) is 6.36. The van der Waals surface area contributed by atoms with E-state index < -0.39 is 5.97 Å². The Morgan fingerprint density at radius 2 is 1.95 bits per heavy atom. The molecule has 0 aliphatic carbocycles. The van der Waals surface area contributed by atoms with Gasteiger partial charge < -0.3 is 4.74 Å². The Kier molecular flexibility index (Phi) is 3.23. The molecule has 3 rings (SSSR count). The Bertz CT molecular complexity index is 884. The van der Waals surface area contributed by atoms with Crippen molar-refractivity contribution in [1.29, 1.82) is 0 Å². The second-order valence-corrected chi connectivity index (χ2v) is 4.48. The van der Waals surface area contributed by atoms with Gasteiger partial charge in [-0.3, -0.25) is 9.36 Å². The number of methoxy groups -OCH3 is 1. The third kappa shape index (κ3) is 2.29. The van der Waals surface area contributed by atoms with Crippen LogP contribution >= 0.6 is 0 Å². The van der Waals surface area contributed by atoms with Crippen LogP contribution in [0.1, 0.15) is 10.4 Å². The average Bonchev–Trinajstić information content (AvgIpc) is 2.55. The topological polar surface area (TPSA) is 61.2 Å². The summed E-state index contributed by atoms with van der Waals surface area (Å²) >= 11 is 0. The van der Waals surface area contributed by atoms with Gasteiger partial charge in [0.1, 0.15) is 6.33 Å². The van der Waals surface area contributed by atoms with Crippen molar-refractivity contribution in [3.63, 3.8) is 0 Å². The van der Waals surface area contributed by atoms with Crippen LogP contribution in [0.5, 0.6) is 0 Å². The molecule has 0 aliphatic rings. The summed E-state index contributed by atoms with van der Waals surface area (Å²) in [5.74, 6) is -0.446. The number of carbonyl (C=O) groups excluding carboxylic acids is 1. The molecule has 0 aliphatic heterocycles. The fraction of sp³-hybridized carbons (Fsp3) is 0.0625. The first kappa shape index (κ1) is 13.1. The largest absolute Gasteiger partial charge is 0.465 e. The summed E-state index contributed by atoms with van der Waals surface area (Å²) in [4.78, 5) is 28.3. The third-order valence-corrected chi connectivity index (χ3v) is 3.21. The number of rotatable bonds is 2. The Hall–Kier alpha value is -2.95. The van der Waals surface area contributed by atoms with Gasteiger partial charge in [-0.25, -0.2) is 9.78 Å². The van der Waals surface area contributed by atoms with E-state index in [1.807, 2.05) is 6.07 Å². The molecule has 5 nitrogen and oxygen atoms in total. The van der Waals surface area contributed by atoms with Gasteiger partial charge in [-0.15, -0.1) is 0 Å². The van der Waals surface area contributed by atoms with Crippen molar-refractivity contribution in [2.75, 3.05) is 7.11 Å². The highest BCUT2D eigenvalue weighted by molar-refractivity contribution is 5.90. The molecule has 0 fully saturated rings. The van der Waals surface area contributed by atoms with Crippen LogP contribution in [0.2, 0.25) is 0 Å². The minimum Gasteiger partial charge on any atom is -0.465 e. The van der Waals surface area contributed by atoms with Crippen molar-refractivity contribution in [2.24, 2.45) is 0 Å². The van der Waals surface area contributed by atoms with Gasteiger partial charge in [-0.05, 0) is 30.3 Å². The van der Waals surface area contributed by atoms with Gasteiger partial charge in [-0.2, -0.15) is 0 Å². The van der Waals surface area contributed by atoms with Crippen LogP contribution in [-0.2, 0) is 4.74 Å². The maximum Gasteiger partial charge on any atom is 0.337 e. The molecule has 0 saturated carbocycles. The number of carbonyl (C=O) groups is 1. The number of para-hydroxylation sites is 1. The molecule has 0 unspecified atom stereocenters. The summed E-state index contributed by atoms with van der Waals surface area (Å²) in [6, 6.07) is 13.8. The fourth-order valence-electron chi connectivity index (χ4n) is 2.15. The lowest BCUT2D eigenvalue weighted by molar-refractivity contribution is 0.0600. The third-order valence-electron chi connectivity index (χ3n) is 3.21. The first-order valence-corrected chi connectivity index (χ1v) is 6.36. The molecular weight excluding hydrogens is 268 g/mol. The predicted molar refractivity (Wildman–Crippen MR) is 78.7 cm³/mol. The number of nitrogens with zero attached hydrogens (tertiary/aromatic N) is 2. The Labute approximate surface area is 120 Å². The predicted octanol–water partition coefficient (Wildman–Crippen LogP) is 2.17. The van der Waals surface area contributed by atoms with Gasteiger partial charge in [0.2, 0.25) is 0 Å². The monoisotopic (exact) mass is 280 g/mol. The number of hydrogen-bond acceptors (Lipinski definition) is 4. The van der Waals surface area contributed by atoms with Gasteiger partial charge in [0.05, 0.1) is 29.3 Å². The summed E-state index contributed by atoms with van der Waals surface area (Å²) in [5.41, 5.74) is 1.42. The molecule has 0 saturated heterocycles. The SMILES string of the molecule is COC(=O)c1cccc(-n2cnc3ccccc3c2=O)c1. The molecule has 2 aromatic carbocycles. The van der Waals surface area contributed by atoms with Crippen LogP contribution in [0.15, 0.2) is 59.7 Å². The van der Waals surface area contributed by atoms with Gasteiger partial charge in [0.15, 0.2) is 0 Å². The number of fused-ring (bicyclic) bond motifs is 1. The van der Waals surface area contributed by atoms with E-state index in [9.17, 15) is 9.59 Å². The standard InChI is InChI=1S/C16H12N2O3/c1-21-16(20)11-5-4-6-12(9-11)18-10-17-14-8-3-2-7-13(14)15(18)19/h2-10H,1H3. The zero-order valence-electron chi connectivity index (χ0n) is 11.3. The smallest absolute Gasteiger partial charge is 0.337 e. The van der Waals surface area contributed by atoms with Crippen molar-refractivity contribution in [3.05, 3.63) is 70.8 Å². The van der Waals surface area contributed by atoms with Crippen molar-refractivity contribution in [2.45, 2.75) is 0 Å². The van der Waals surface area contributed by atoms with E-state index >= 15 is 0 Å². The number of esters is 1. The summed E-state index contributed by atoms with van der Waals surface area (Å²) < 4.78 is 6.10. The Balaban J connectivity index is 2.19. The van der Waals surface area contributed by atoms with Gasteiger partial charge in [0.25, 0.3) is 5.56 Å². The normalized spacial score (nSPS) is 10.5. The van der Waals surface area contributed by atoms with Crippen molar-refractivity contribution in [3.8, 4) is 5.69 Å². The van der Waals surface area contributed by atoms with Crippen LogP contribution in [0.25, 0.3) is 16.6 Å². The fourth-order valence-corrected chi connectivity index (χ4v) is 2.15. The van der Waals surface area contributed by atoms with Crippen LogP contribution in [-0.4, -0.2) is 22.6 Å².